The number of amides is 1. The molecule has 0 spiro atoms. The lowest BCUT2D eigenvalue weighted by atomic mass is 9.94. The molecule has 1 aliphatic carbocycles. The SMILES string of the molecule is CC(C)(C)OC(=O)N1CC2C(C1)C2NC1CCOC(C)(C)C1. The second kappa shape index (κ2) is 5.38. The van der Waals surface area contributed by atoms with Crippen molar-refractivity contribution in [2.45, 2.75) is 70.7 Å². The van der Waals surface area contributed by atoms with E-state index in [0.29, 0.717) is 23.9 Å². The van der Waals surface area contributed by atoms with E-state index >= 15 is 0 Å². The second-order valence-corrected chi connectivity index (χ2v) is 8.70. The molecule has 126 valence electrons. The fourth-order valence-corrected chi connectivity index (χ4v) is 3.90. The zero-order valence-corrected chi connectivity index (χ0v) is 14.5. The molecule has 0 aromatic heterocycles. The Labute approximate surface area is 133 Å². The van der Waals surface area contributed by atoms with E-state index in [1.165, 1.54) is 0 Å². The second-order valence-electron chi connectivity index (χ2n) is 8.70. The van der Waals surface area contributed by atoms with Crippen molar-refractivity contribution in [3.63, 3.8) is 0 Å². The fourth-order valence-electron chi connectivity index (χ4n) is 3.90. The van der Waals surface area contributed by atoms with E-state index in [1.54, 1.807) is 0 Å². The monoisotopic (exact) mass is 310 g/mol. The maximum Gasteiger partial charge on any atom is 0.410 e. The standard InChI is InChI=1S/C17H30N2O3/c1-16(2,3)22-15(20)19-9-12-13(10-19)14(12)18-11-6-7-21-17(4,5)8-11/h11-14,18H,6-10H2,1-5H3. The molecule has 3 rings (SSSR count). The number of hydrogen-bond donors (Lipinski definition) is 1. The van der Waals surface area contributed by atoms with E-state index in [1.807, 2.05) is 25.7 Å². The van der Waals surface area contributed by atoms with Gasteiger partial charge in [0.05, 0.1) is 5.60 Å². The van der Waals surface area contributed by atoms with Gasteiger partial charge in [-0.2, -0.15) is 0 Å². The van der Waals surface area contributed by atoms with Crippen LogP contribution in [0.1, 0.15) is 47.5 Å². The summed E-state index contributed by atoms with van der Waals surface area (Å²) in [6.45, 7) is 12.6. The number of carbonyl (C=O) groups is 1. The quantitative estimate of drug-likeness (QED) is 0.851. The summed E-state index contributed by atoms with van der Waals surface area (Å²) in [5, 5.41) is 3.80. The van der Waals surface area contributed by atoms with Crippen molar-refractivity contribution in [2.75, 3.05) is 19.7 Å². The number of hydrogen-bond acceptors (Lipinski definition) is 4. The number of rotatable bonds is 2. The first kappa shape index (κ1) is 16.1. The molecule has 0 radical (unpaired) electrons. The predicted octanol–water partition coefficient (Wildman–Crippen LogP) is 2.40. The van der Waals surface area contributed by atoms with Crippen molar-refractivity contribution in [2.24, 2.45) is 11.8 Å². The van der Waals surface area contributed by atoms with E-state index in [-0.39, 0.29) is 11.7 Å². The molecule has 2 heterocycles. The van der Waals surface area contributed by atoms with E-state index in [4.69, 9.17) is 9.47 Å². The molecule has 0 aromatic carbocycles. The Morgan fingerprint density at radius 1 is 1.27 bits per heavy atom. The van der Waals surface area contributed by atoms with Crippen LogP contribution >= 0.6 is 0 Å². The lowest BCUT2D eigenvalue weighted by Gasteiger charge is -2.36. The van der Waals surface area contributed by atoms with Gasteiger partial charge in [-0.25, -0.2) is 4.79 Å². The minimum Gasteiger partial charge on any atom is -0.444 e. The molecule has 0 aromatic rings. The van der Waals surface area contributed by atoms with Crippen molar-refractivity contribution >= 4 is 6.09 Å². The molecule has 0 bridgehead atoms. The van der Waals surface area contributed by atoms with Gasteiger partial charge in [-0.3, -0.25) is 0 Å². The molecule has 3 aliphatic rings. The third-order valence-corrected chi connectivity index (χ3v) is 4.97. The van der Waals surface area contributed by atoms with E-state index < -0.39 is 5.60 Å². The van der Waals surface area contributed by atoms with Gasteiger partial charge in [0.2, 0.25) is 0 Å². The Hall–Kier alpha value is -0.810. The van der Waals surface area contributed by atoms with Crippen LogP contribution in [-0.4, -0.2) is 54.0 Å². The number of likely N-dealkylation sites (tertiary alicyclic amines) is 1. The summed E-state index contributed by atoms with van der Waals surface area (Å²) < 4.78 is 11.2. The third kappa shape index (κ3) is 3.57. The Morgan fingerprint density at radius 2 is 1.91 bits per heavy atom. The Bertz CT molecular complexity index is 432. The highest BCUT2D eigenvalue weighted by molar-refractivity contribution is 5.69. The van der Waals surface area contributed by atoms with Gasteiger partial charge in [-0.05, 0) is 59.3 Å². The maximum absolute atomic E-state index is 12.1. The molecule has 1 saturated carbocycles. The van der Waals surface area contributed by atoms with Gasteiger partial charge >= 0.3 is 6.09 Å². The predicted molar refractivity (Wildman–Crippen MR) is 84.8 cm³/mol. The van der Waals surface area contributed by atoms with Crippen LogP contribution in [0.5, 0.6) is 0 Å². The molecule has 5 nitrogen and oxygen atoms in total. The highest BCUT2D eigenvalue weighted by Crippen LogP contribution is 2.46. The summed E-state index contributed by atoms with van der Waals surface area (Å²) in [5.74, 6) is 1.22. The van der Waals surface area contributed by atoms with E-state index in [0.717, 1.165) is 32.5 Å². The van der Waals surface area contributed by atoms with Crippen LogP contribution in [-0.2, 0) is 9.47 Å². The third-order valence-electron chi connectivity index (χ3n) is 4.97. The van der Waals surface area contributed by atoms with Crippen LogP contribution in [0.3, 0.4) is 0 Å². The van der Waals surface area contributed by atoms with Crippen LogP contribution in [0, 0.1) is 11.8 Å². The maximum atomic E-state index is 12.1. The zero-order valence-electron chi connectivity index (χ0n) is 14.5. The molecule has 22 heavy (non-hydrogen) atoms. The number of nitrogens with one attached hydrogen (secondary N) is 1. The summed E-state index contributed by atoms with van der Waals surface area (Å²) in [4.78, 5) is 13.9. The molecule has 3 atom stereocenters. The lowest BCUT2D eigenvalue weighted by Crippen LogP contribution is -2.46. The first-order valence-electron chi connectivity index (χ1n) is 8.53. The van der Waals surface area contributed by atoms with Gasteiger partial charge in [-0.1, -0.05) is 0 Å². The van der Waals surface area contributed by atoms with Crippen LogP contribution < -0.4 is 5.32 Å². The Morgan fingerprint density at radius 3 is 2.45 bits per heavy atom. The highest BCUT2D eigenvalue weighted by Gasteiger charge is 2.57. The molecule has 2 aliphatic heterocycles. The lowest BCUT2D eigenvalue weighted by molar-refractivity contribution is -0.0634. The summed E-state index contributed by atoms with van der Waals surface area (Å²) in [7, 11) is 0. The van der Waals surface area contributed by atoms with E-state index in [9.17, 15) is 4.79 Å². The molecular weight excluding hydrogens is 280 g/mol. The fraction of sp³-hybridized carbons (Fsp3) is 0.941. The number of carbonyl (C=O) groups excluding carboxylic acids is 1. The smallest absolute Gasteiger partial charge is 0.410 e. The van der Waals surface area contributed by atoms with Gasteiger partial charge in [-0.15, -0.1) is 0 Å². The van der Waals surface area contributed by atoms with Gasteiger partial charge < -0.3 is 19.7 Å². The molecule has 1 N–H and O–H groups in total. The first-order valence-corrected chi connectivity index (χ1v) is 8.53. The highest BCUT2D eigenvalue weighted by atomic mass is 16.6. The Kier molecular flexibility index (Phi) is 3.92. The molecule has 2 saturated heterocycles. The van der Waals surface area contributed by atoms with Crippen molar-refractivity contribution in [3.8, 4) is 0 Å². The summed E-state index contributed by atoms with van der Waals surface area (Å²) >= 11 is 0. The Balaban J connectivity index is 1.44. The normalized spacial score (nSPS) is 36.9. The van der Waals surface area contributed by atoms with Crippen molar-refractivity contribution in [1.29, 1.82) is 0 Å². The minimum atomic E-state index is -0.408. The molecule has 3 fully saturated rings. The summed E-state index contributed by atoms with van der Waals surface area (Å²) in [6.07, 6.45) is 2.00. The van der Waals surface area contributed by atoms with Crippen molar-refractivity contribution in [3.05, 3.63) is 0 Å². The minimum absolute atomic E-state index is 0.0114. The number of piperidine rings is 1. The van der Waals surface area contributed by atoms with Crippen LogP contribution in [0.4, 0.5) is 4.79 Å². The number of fused-ring (bicyclic) bond motifs is 1. The molecule has 5 heteroatoms. The first-order chi connectivity index (χ1) is 10.1. The zero-order chi connectivity index (χ0) is 16.1. The van der Waals surface area contributed by atoms with Gasteiger partial charge in [0.15, 0.2) is 0 Å². The average molecular weight is 310 g/mol. The van der Waals surface area contributed by atoms with Crippen LogP contribution in [0.15, 0.2) is 0 Å². The molecular formula is C17H30N2O3. The molecule has 1 amide bonds. The average Bonchev–Trinajstić information content (AvgIpc) is 2.81. The van der Waals surface area contributed by atoms with Crippen LogP contribution in [0.2, 0.25) is 0 Å². The van der Waals surface area contributed by atoms with Gasteiger partial charge in [0, 0.05) is 31.8 Å². The summed E-state index contributed by atoms with van der Waals surface area (Å²) in [6, 6.07) is 1.13. The van der Waals surface area contributed by atoms with E-state index in [2.05, 4.69) is 19.2 Å². The van der Waals surface area contributed by atoms with Crippen LogP contribution in [0.25, 0.3) is 0 Å². The topological polar surface area (TPSA) is 50.8 Å². The van der Waals surface area contributed by atoms with Crippen molar-refractivity contribution < 1.29 is 14.3 Å². The number of ether oxygens (including phenoxy) is 2. The van der Waals surface area contributed by atoms with Gasteiger partial charge in [0.1, 0.15) is 5.60 Å². The van der Waals surface area contributed by atoms with Crippen molar-refractivity contribution in [1.82, 2.24) is 10.2 Å². The molecule has 3 unspecified atom stereocenters. The largest absolute Gasteiger partial charge is 0.444 e. The summed E-state index contributed by atoms with van der Waals surface area (Å²) in [5.41, 5.74) is -0.419. The van der Waals surface area contributed by atoms with Gasteiger partial charge in [0.25, 0.3) is 0 Å². The number of nitrogens with zero attached hydrogens (tertiary/aromatic N) is 1.